The molecule has 0 amide bonds. The lowest BCUT2D eigenvalue weighted by molar-refractivity contribution is 0.590. The van der Waals surface area contributed by atoms with Crippen LogP contribution >= 0.6 is 23.1 Å². The van der Waals surface area contributed by atoms with Crippen LogP contribution in [-0.2, 0) is 6.54 Å². The second-order valence-electron chi connectivity index (χ2n) is 6.03. The normalized spacial score (nSPS) is 24.1. The van der Waals surface area contributed by atoms with Crippen molar-refractivity contribution in [3.8, 4) is 0 Å². The Kier molecular flexibility index (Phi) is 4.50. The van der Waals surface area contributed by atoms with Crippen LogP contribution in [0.25, 0.3) is 0 Å². The summed E-state index contributed by atoms with van der Waals surface area (Å²) in [5.74, 6) is 2.10. The molecule has 2 nitrogen and oxygen atoms in total. The van der Waals surface area contributed by atoms with Crippen LogP contribution in [0.1, 0.15) is 72.7 Å². The molecule has 1 saturated heterocycles. The molecule has 19 heavy (non-hydrogen) atoms. The first kappa shape index (κ1) is 13.9. The van der Waals surface area contributed by atoms with Gasteiger partial charge in [0.2, 0.25) is 0 Å². The van der Waals surface area contributed by atoms with Crippen molar-refractivity contribution < 1.29 is 0 Å². The summed E-state index contributed by atoms with van der Waals surface area (Å²) in [5, 5.41) is 5.66. The predicted octanol–water partition coefficient (Wildman–Crippen LogP) is 4.48. The molecule has 1 aliphatic carbocycles. The number of nitrogens with zero attached hydrogens (tertiary/aromatic N) is 1. The molecule has 0 radical (unpaired) electrons. The molecule has 0 bridgehead atoms. The van der Waals surface area contributed by atoms with E-state index in [9.17, 15) is 0 Å². The van der Waals surface area contributed by atoms with Crippen LogP contribution in [0.3, 0.4) is 0 Å². The van der Waals surface area contributed by atoms with Gasteiger partial charge in [-0.2, -0.15) is 11.8 Å². The van der Waals surface area contributed by atoms with Gasteiger partial charge in [0.05, 0.1) is 10.9 Å². The highest BCUT2D eigenvalue weighted by molar-refractivity contribution is 7.99. The summed E-state index contributed by atoms with van der Waals surface area (Å²) in [4.78, 5) is 6.54. The van der Waals surface area contributed by atoms with Crippen LogP contribution < -0.4 is 5.32 Å². The summed E-state index contributed by atoms with van der Waals surface area (Å²) in [6.07, 6.45) is 6.82. The van der Waals surface area contributed by atoms with Gasteiger partial charge in [-0.1, -0.05) is 20.3 Å². The molecular formula is C15H24N2S2. The smallest absolute Gasteiger partial charge is 0.106 e. The zero-order valence-electron chi connectivity index (χ0n) is 11.9. The SMILES string of the molecule is CC(C)NCc1sc(C2CCCCS2)nc1C1CC1. The predicted molar refractivity (Wildman–Crippen MR) is 85.1 cm³/mol. The Morgan fingerprint density at radius 3 is 2.74 bits per heavy atom. The van der Waals surface area contributed by atoms with Crippen molar-refractivity contribution in [3.63, 3.8) is 0 Å². The molecule has 2 fully saturated rings. The van der Waals surface area contributed by atoms with Gasteiger partial charge in [-0.25, -0.2) is 4.98 Å². The Morgan fingerprint density at radius 1 is 1.26 bits per heavy atom. The minimum Gasteiger partial charge on any atom is -0.310 e. The van der Waals surface area contributed by atoms with Crippen molar-refractivity contribution in [3.05, 3.63) is 15.6 Å². The van der Waals surface area contributed by atoms with Gasteiger partial charge in [-0.05, 0) is 31.4 Å². The zero-order chi connectivity index (χ0) is 13.2. The molecule has 1 unspecified atom stereocenters. The van der Waals surface area contributed by atoms with Crippen LogP contribution in [0.15, 0.2) is 0 Å². The van der Waals surface area contributed by atoms with E-state index in [0.717, 1.165) is 12.5 Å². The van der Waals surface area contributed by atoms with Crippen LogP contribution in [0, 0.1) is 0 Å². The molecule has 0 aromatic carbocycles. The molecule has 1 saturated carbocycles. The van der Waals surface area contributed by atoms with Gasteiger partial charge in [0.15, 0.2) is 0 Å². The topological polar surface area (TPSA) is 24.9 Å². The third-order valence-corrected chi connectivity index (χ3v) is 6.55. The molecule has 106 valence electrons. The van der Waals surface area contributed by atoms with Crippen LogP contribution in [0.5, 0.6) is 0 Å². The van der Waals surface area contributed by atoms with Crippen molar-refractivity contribution in [2.45, 2.75) is 69.7 Å². The molecule has 3 rings (SSSR count). The number of hydrogen-bond donors (Lipinski definition) is 1. The number of thiazole rings is 1. The monoisotopic (exact) mass is 296 g/mol. The first-order valence-corrected chi connectivity index (χ1v) is 9.45. The standard InChI is InChI=1S/C15H24N2S2/c1-10(2)16-9-13-14(11-6-7-11)17-15(19-13)12-5-3-4-8-18-12/h10-12,16H,3-9H2,1-2H3. The average Bonchev–Trinajstić information content (AvgIpc) is 3.17. The summed E-state index contributed by atoms with van der Waals surface area (Å²) >= 11 is 4.10. The Labute approximate surface area is 124 Å². The van der Waals surface area contributed by atoms with Gasteiger partial charge in [0.1, 0.15) is 5.01 Å². The zero-order valence-corrected chi connectivity index (χ0v) is 13.6. The molecule has 2 heterocycles. The van der Waals surface area contributed by atoms with Crippen molar-refractivity contribution in [2.75, 3.05) is 5.75 Å². The van der Waals surface area contributed by atoms with Gasteiger partial charge < -0.3 is 5.32 Å². The van der Waals surface area contributed by atoms with Crippen molar-refractivity contribution in [2.24, 2.45) is 0 Å². The van der Waals surface area contributed by atoms with E-state index in [0.29, 0.717) is 11.3 Å². The number of rotatable bonds is 5. The van der Waals surface area contributed by atoms with Crippen LogP contribution in [0.2, 0.25) is 0 Å². The van der Waals surface area contributed by atoms with Crippen molar-refractivity contribution >= 4 is 23.1 Å². The first-order valence-electron chi connectivity index (χ1n) is 7.58. The van der Waals surface area contributed by atoms with E-state index >= 15 is 0 Å². The number of nitrogens with one attached hydrogen (secondary N) is 1. The molecular weight excluding hydrogens is 272 g/mol. The lowest BCUT2D eigenvalue weighted by Gasteiger charge is -2.18. The minimum absolute atomic E-state index is 0.557. The molecule has 1 aromatic rings. The van der Waals surface area contributed by atoms with Crippen molar-refractivity contribution in [1.82, 2.24) is 10.3 Å². The lowest BCUT2D eigenvalue weighted by atomic mass is 10.2. The highest BCUT2D eigenvalue weighted by atomic mass is 32.2. The molecule has 1 aliphatic heterocycles. The van der Waals surface area contributed by atoms with E-state index < -0.39 is 0 Å². The molecule has 1 aromatic heterocycles. The Hall–Kier alpha value is -0.0600. The second-order valence-corrected chi connectivity index (χ2v) is 8.45. The second kappa shape index (κ2) is 6.15. The third-order valence-electron chi connectivity index (χ3n) is 3.83. The summed E-state index contributed by atoms with van der Waals surface area (Å²) in [5.41, 5.74) is 1.43. The summed E-state index contributed by atoms with van der Waals surface area (Å²) < 4.78 is 0. The third kappa shape index (κ3) is 3.53. The number of hydrogen-bond acceptors (Lipinski definition) is 4. The number of aromatic nitrogens is 1. The fraction of sp³-hybridized carbons (Fsp3) is 0.800. The summed E-state index contributed by atoms with van der Waals surface area (Å²) in [6.45, 7) is 5.45. The summed E-state index contributed by atoms with van der Waals surface area (Å²) in [7, 11) is 0. The van der Waals surface area contributed by atoms with E-state index in [4.69, 9.17) is 4.98 Å². The van der Waals surface area contributed by atoms with E-state index in [1.54, 1.807) is 0 Å². The molecule has 2 aliphatic rings. The van der Waals surface area contributed by atoms with Crippen molar-refractivity contribution in [1.29, 1.82) is 0 Å². The van der Waals surface area contributed by atoms with Gasteiger partial charge in [-0.15, -0.1) is 11.3 Å². The maximum absolute atomic E-state index is 5.03. The molecule has 1 N–H and O–H groups in total. The average molecular weight is 297 g/mol. The minimum atomic E-state index is 0.557. The molecule has 1 atom stereocenters. The maximum atomic E-state index is 5.03. The summed E-state index contributed by atoms with van der Waals surface area (Å²) in [6, 6.07) is 0.557. The number of thioether (sulfide) groups is 1. The van der Waals surface area contributed by atoms with Gasteiger partial charge in [-0.3, -0.25) is 0 Å². The highest BCUT2D eigenvalue weighted by Crippen LogP contribution is 2.46. The molecule has 4 heteroatoms. The molecule has 0 spiro atoms. The van der Waals surface area contributed by atoms with E-state index in [2.05, 4.69) is 30.9 Å². The largest absolute Gasteiger partial charge is 0.310 e. The van der Waals surface area contributed by atoms with Crippen LogP contribution in [0.4, 0.5) is 0 Å². The quantitative estimate of drug-likeness (QED) is 0.867. The van der Waals surface area contributed by atoms with E-state index in [1.165, 1.54) is 53.4 Å². The Morgan fingerprint density at radius 2 is 2.11 bits per heavy atom. The van der Waals surface area contributed by atoms with Crippen LogP contribution in [-0.4, -0.2) is 16.8 Å². The Bertz CT molecular complexity index is 418. The lowest BCUT2D eigenvalue weighted by Crippen LogP contribution is -2.21. The van der Waals surface area contributed by atoms with Gasteiger partial charge in [0, 0.05) is 23.4 Å². The van der Waals surface area contributed by atoms with E-state index in [-0.39, 0.29) is 0 Å². The van der Waals surface area contributed by atoms with Gasteiger partial charge >= 0.3 is 0 Å². The maximum Gasteiger partial charge on any atom is 0.106 e. The fourth-order valence-electron chi connectivity index (χ4n) is 2.55. The van der Waals surface area contributed by atoms with E-state index in [1.807, 2.05) is 11.3 Å². The highest BCUT2D eigenvalue weighted by Gasteiger charge is 2.31. The fourth-order valence-corrected chi connectivity index (χ4v) is 5.21. The first-order chi connectivity index (χ1) is 9.24. The Balaban J connectivity index is 1.75. The van der Waals surface area contributed by atoms with Gasteiger partial charge in [0.25, 0.3) is 0 Å².